The second kappa shape index (κ2) is 7.53. The number of carbonyl (C=O) groups excluding carboxylic acids is 1. The Morgan fingerprint density at radius 2 is 1.84 bits per heavy atom. The number of carbonyl (C=O) groups is 1. The summed E-state index contributed by atoms with van der Waals surface area (Å²) in [7, 11) is 0. The molecule has 0 fully saturated rings. The summed E-state index contributed by atoms with van der Waals surface area (Å²) < 4.78 is 0. The maximum atomic E-state index is 12.2. The van der Waals surface area contributed by atoms with Crippen LogP contribution < -0.4 is 0 Å². The monoisotopic (exact) mass is 324 g/mol. The second-order valence-electron chi connectivity index (χ2n) is 3.59. The minimum Gasteiger partial charge on any atom is -0.336 e. The second-order valence-corrected chi connectivity index (χ2v) is 4.78. The van der Waals surface area contributed by atoms with E-state index in [9.17, 15) is 14.9 Å². The molecule has 8 heteroatoms. The summed E-state index contributed by atoms with van der Waals surface area (Å²) in [5.74, 6) is -0.0294. The molecule has 5 nitrogen and oxygen atoms in total. The average Bonchev–Trinajstić information content (AvgIpc) is 2.37. The van der Waals surface area contributed by atoms with Gasteiger partial charge in [0.05, 0.1) is 4.92 Å². The number of halogens is 3. The number of nitro groups is 1. The van der Waals surface area contributed by atoms with Gasteiger partial charge in [-0.2, -0.15) is 0 Å². The van der Waals surface area contributed by atoms with Crippen molar-refractivity contribution in [3.05, 3.63) is 38.9 Å². The summed E-state index contributed by atoms with van der Waals surface area (Å²) in [6, 6.07) is 3.91. The molecule has 0 aromatic heterocycles. The van der Waals surface area contributed by atoms with Gasteiger partial charge in [-0.1, -0.05) is 11.6 Å². The fourth-order valence-electron chi connectivity index (χ4n) is 1.53. The van der Waals surface area contributed by atoms with Crippen LogP contribution in [0, 0.1) is 10.1 Å². The lowest BCUT2D eigenvalue weighted by atomic mass is 10.1. The van der Waals surface area contributed by atoms with Gasteiger partial charge in [0.25, 0.3) is 11.6 Å². The Hall–Kier alpha value is -1.04. The molecular weight excluding hydrogens is 314 g/mol. The quantitative estimate of drug-likeness (QED) is 0.458. The number of nitrogens with zero attached hydrogens (tertiary/aromatic N) is 2. The number of hydrogen-bond acceptors (Lipinski definition) is 3. The van der Waals surface area contributed by atoms with Gasteiger partial charge < -0.3 is 4.90 Å². The fraction of sp³-hybridized carbons (Fsp3) is 0.364. The predicted octanol–water partition coefficient (Wildman–Crippen LogP) is 3.17. The molecule has 0 N–H and O–H groups in total. The van der Waals surface area contributed by atoms with Crippen LogP contribution in [-0.2, 0) is 0 Å². The predicted molar refractivity (Wildman–Crippen MR) is 75.4 cm³/mol. The summed E-state index contributed by atoms with van der Waals surface area (Å²) >= 11 is 16.9. The molecule has 0 saturated carbocycles. The van der Waals surface area contributed by atoms with E-state index >= 15 is 0 Å². The minimum atomic E-state index is -0.640. The number of rotatable bonds is 6. The highest BCUT2D eigenvalue weighted by atomic mass is 35.5. The molecule has 0 saturated heterocycles. The maximum absolute atomic E-state index is 12.2. The van der Waals surface area contributed by atoms with Crippen LogP contribution in [-0.4, -0.2) is 40.6 Å². The van der Waals surface area contributed by atoms with Gasteiger partial charge in [0.2, 0.25) is 0 Å². The molecular formula is C11H11Cl3N2O3. The van der Waals surface area contributed by atoms with Crippen molar-refractivity contribution >= 4 is 46.4 Å². The SMILES string of the molecule is O=C(c1ccc(Cl)cc1[N+](=O)[O-])N(CCCl)CCCl. The Kier molecular flexibility index (Phi) is 6.34. The Balaban J connectivity index is 3.13. The molecule has 0 spiro atoms. The number of amides is 1. The Morgan fingerprint density at radius 3 is 2.32 bits per heavy atom. The molecule has 0 aliphatic carbocycles. The van der Waals surface area contributed by atoms with Crippen molar-refractivity contribution in [2.24, 2.45) is 0 Å². The zero-order chi connectivity index (χ0) is 14.4. The Morgan fingerprint density at radius 1 is 1.26 bits per heavy atom. The van der Waals surface area contributed by atoms with E-state index < -0.39 is 10.8 Å². The van der Waals surface area contributed by atoms with Gasteiger partial charge in [0.1, 0.15) is 5.56 Å². The first-order valence-electron chi connectivity index (χ1n) is 5.36. The number of benzene rings is 1. The fourth-order valence-corrected chi connectivity index (χ4v) is 2.10. The van der Waals surface area contributed by atoms with E-state index in [2.05, 4.69) is 0 Å². The first kappa shape index (κ1) is 16.0. The zero-order valence-electron chi connectivity index (χ0n) is 9.81. The Bertz CT molecular complexity index is 476. The van der Waals surface area contributed by atoms with Gasteiger partial charge in [0, 0.05) is 35.9 Å². The van der Waals surface area contributed by atoms with E-state index in [0.29, 0.717) is 0 Å². The van der Waals surface area contributed by atoms with E-state index in [1.165, 1.54) is 17.0 Å². The van der Waals surface area contributed by atoms with Gasteiger partial charge in [-0.15, -0.1) is 23.2 Å². The summed E-state index contributed by atoms with van der Waals surface area (Å²) in [6.45, 7) is 0.541. The molecule has 104 valence electrons. The van der Waals surface area contributed by atoms with Crippen LogP contribution >= 0.6 is 34.8 Å². The molecule has 0 aliphatic rings. The molecule has 0 heterocycles. The van der Waals surface area contributed by atoms with E-state index in [0.717, 1.165) is 6.07 Å². The first-order chi connectivity index (χ1) is 9.01. The third-order valence-electron chi connectivity index (χ3n) is 2.38. The van der Waals surface area contributed by atoms with Crippen LogP contribution in [0.2, 0.25) is 5.02 Å². The highest BCUT2D eigenvalue weighted by Crippen LogP contribution is 2.24. The molecule has 0 aliphatic heterocycles. The molecule has 0 atom stereocenters. The van der Waals surface area contributed by atoms with Gasteiger partial charge in [-0.3, -0.25) is 14.9 Å². The lowest BCUT2D eigenvalue weighted by Crippen LogP contribution is -2.34. The largest absolute Gasteiger partial charge is 0.336 e. The smallest absolute Gasteiger partial charge is 0.283 e. The number of hydrogen-bond donors (Lipinski definition) is 0. The molecule has 0 unspecified atom stereocenters. The lowest BCUT2D eigenvalue weighted by Gasteiger charge is -2.20. The molecule has 1 amide bonds. The molecule has 0 radical (unpaired) electrons. The van der Waals surface area contributed by atoms with Crippen molar-refractivity contribution in [3.8, 4) is 0 Å². The van der Waals surface area contributed by atoms with Gasteiger partial charge in [-0.25, -0.2) is 0 Å². The van der Waals surface area contributed by atoms with Crippen LogP contribution in [0.1, 0.15) is 10.4 Å². The van der Waals surface area contributed by atoms with Crippen molar-refractivity contribution in [1.82, 2.24) is 4.90 Å². The Labute approximate surface area is 125 Å². The van der Waals surface area contributed by atoms with Crippen LogP contribution in [0.5, 0.6) is 0 Å². The van der Waals surface area contributed by atoms with E-state index in [4.69, 9.17) is 34.8 Å². The number of alkyl halides is 2. The molecule has 1 aromatic rings. The van der Waals surface area contributed by atoms with E-state index in [1.54, 1.807) is 0 Å². The maximum Gasteiger partial charge on any atom is 0.283 e. The van der Waals surface area contributed by atoms with Gasteiger partial charge in [0.15, 0.2) is 0 Å². The molecule has 0 bridgehead atoms. The first-order valence-corrected chi connectivity index (χ1v) is 6.81. The van der Waals surface area contributed by atoms with Crippen molar-refractivity contribution in [2.75, 3.05) is 24.8 Å². The van der Waals surface area contributed by atoms with E-state index in [1.807, 2.05) is 0 Å². The van der Waals surface area contributed by atoms with Gasteiger partial charge in [-0.05, 0) is 12.1 Å². The molecule has 1 aromatic carbocycles. The summed E-state index contributed by atoms with van der Waals surface area (Å²) in [5.41, 5.74) is -0.351. The number of nitro benzene ring substituents is 1. The normalized spacial score (nSPS) is 10.3. The van der Waals surface area contributed by atoms with Crippen LogP contribution in [0.4, 0.5) is 5.69 Å². The van der Waals surface area contributed by atoms with Crippen LogP contribution in [0.3, 0.4) is 0 Å². The van der Waals surface area contributed by atoms with Crippen molar-refractivity contribution in [2.45, 2.75) is 0 Å². The highest BCUT2D eigenvalue weighted by molar-refractivity contribution is 6.31. The van der Waals surface area contributed by atoms with Crippen LogP contribution in [0.15, 0.2) is 18.2 Å². The minimum absolute atomic E-state index is 0.0235. The standard InChI is InChI=1S/C11H11Cl3N2O3/c12-3-5-15(6-4-13)11(17)9-2-1-8(14)7-10(9)16(18)19/h1-2,7H,3-6H2. The van der Waals surface area contributed by atoms with Gasteiger partial charge >= 0.3 is 0 Å². The average molecular weight is 326 g/mol. The summed E-state index contributed by atoms with van der Waals surface area (Å²) in [5, 5.41) is 11.1. The topological polar surface area (TPSA) is 63.4 Å². The molecule has 1 rings (SSSR count). The van der Waals surface area contributed by atoms with Crippen molar-refractivity contribution in [3.63, 3.8) is 0 Å². The molecule has 19 heavy (non-hydrogen) atoms. The highest BCUT2D eigenvalue weighted by Gasteiger charge is 2.24. The van der Waals surface area contributed by atoms with Crippen LogP contribution in [0.25, 0.3) is 0 Å². The summed E-state index contributed by atoms with van der Waals surface area (Å²) in [6.07, 6.45) is 0. The summed E-state index contributed by atoms with van der Waals surface area (Å²) in [4.78, 5) is 23.9. The van der Waals surface area contributed by atoms with Crippen molar-refractivity contribution < 1.29 is 9.72 Å². The zero-order valence-corrected chi connectivity index (χ0v) is 12.1. The van der Waals surface area contributed by atoms with E-state index in [-0.39, 0.29) is 41.1 Å². The third kappa shape index (κ3) is 4.23. The van der Waals surface area contributed by atoms with Crippen molar-refractivity contribution in [1.29, 1.82) is 0 Å². The lowest BCUT2D eigenvalue weighted by molar-refractivity contribution is -0.385. The third-order valence-corrected chi connectivity index (χ3v) is 2.96.